The lowest BCUT2D eigenvalue weighted by Crippen LogP contribution is -2.44. The molecule has 1 heteroatoms. The molecule has 180 valence electrons. The van der Waals surface area contributed by atoms with Crippen LogP contribution in [-0.2, 0) is 0 Å². The van der Waals surface area contributed by atoms with Crippen LogP contribution in [0, 0.1) is 23.7 Å². The molecule has 0 saturated carbocycles. The minimum atomic E-state index is 1.02. The van der Waals surface area contributed by atoms with E-state index in [2.05, 4.69) is 51.5 Å². The fourth-order valence-electron chi connectivity index (χ4n) is 4.04. The van der Waals surface area contributed by atoms with E-state index in [1.807, 2.05) is 0 Å². The molecule has 0 N–H and O–H groups in total. The van der Waals surface area contributed by atoms with E-state index in [1.54, 1.807) is 0 Å². The highest BCUT2D eigenvalue weighted by molar-refractivity contribution is 5.25. The Labute approximate surface area is 197 Å². The lowest BCUT2D eigenvalue weighted by molar-refractivity contribution is -0.906. The molecule has 0 rings (SSSR count). The van der Waals surface area contributed by atoms with Gasteiger partial charge in [0.2, 0.25) is 0 Å². The summed E-state index contributed by atoms with van der Waals surface area (Å²) in [5, 5.41) is 0. The van der Waals surface area contributed by atoms with E-state index in [0.717, 1.165) is 12.8 Å². The van der Waals surface area contributed by atoms with Gasteiger partial charge in [-0.15, -0.1) is 0 Å². The van der Waals surface area contributed by atoms with Gasteiger partial charge in [0.15, 0.2) is 0 Å². The van der Waals surface area contributed by atoms with Crippen LogP contribution in [0.2, 0.25) is 0 Å². The fourth-order valence-corrected chi connectivity index (χ4v) is 4.04. The Kier molecular flexibility index (Phi) is 23.0. The molecule has 0 amide bonds. The van der Waals surface area contributed by atoms with Crippen LogP contribution >= 0.6 is 0 Å². The Bertz CT molecular complexity index is 480. The highest BCUT2D eigenvalue weighted by atomic mass is 15.3. The smallest absolute Gasteiger partial charge is 0.0784 e. The summed E-state index contributed by atoms with van der Waals surface area (Å²) in [4.78, 5) is 0. The average Bonchev–Trinajstić information content (AvgIpc) is 2.79. The first-order valence-corrected chi connectivity index (χ1v) is 14.0. The molecule has 0 aliphatic rings. The number of quaternary nitrogens is 1. The molecule has 0 atom stereocenters. The van der Waals surface area contributed by atoms with Gasteiger partial charge >= 0.3 is 0 Å². The Morgan fingerprint density at radius 1 is 0.452 bits per heavy atom. The molecular weight excluding hydrogens is 374 g/mol. The molecular formula is C30H56N+. The van der Waals surface area contributed by atoms with E-state index in [1.165, 1.54) is 133 Å². The van der Waals surface area contributed by atoms with Crippen molar-refractivity contribution in [3.8, 4) is 23.7 Å². The quantitative estimate of drug-likeness (QED) is 0.0968. The van der Waals surface area contributed by atoms with Crippen LogP contribution in [0.3, 0.4) is 0 Å². The normalized spacial score (nSPS) is 11.0. The third kappa shape index (κ3) is 22.1. The maximum Gasteiger partial charge on any atom is 0.0784 e. The van der Waals surface area contributed by atoms with Crippen LogP contribution in [0.4, 0.5) is 0 Å². The Balaban J connectivity index is 3.34. The molecule has 1 nitrogen and oxygen atoms in total. The largest absolute Gasteiger partial charge is 0.327 e. The van der Waals surface area contributed by atoms with Gasteiger partial charge in [-0.2, -0.15) is 0 Å². The fraction of sp³-hybridized carbons (Fsp3) is 0.867. The summed E-state index contributed by atoms with van der Waals surface area (Å²) in [5.41, 5.74) is 0. The summed E-state index contributed by atoms with van der Waals surface area (Å²) < 4.78 is 1.24. The number of hydrogen-bond donors (Lipinski definition) is 0. The lowest BCUT2D eigenvalue weighted by Gasteiger charge is -2.32. The van der Waals surface area contributed by atoms with Crippen LogP contribution in [0.5, 0.6) is 0 Å². The third-order valence-electron chi connectivity index (χ3n) is 6.92. The first kappa shape index (κ1) is 30.1. The van der Waals surface area contributed by atoms with Crippen LogP contribution in [0.15, 0.2) is 0 Å². The number of unbranched alkanes of at least 4 members (excludes halogenated alkanes) is 17. The Hall–Kier alpha value is -0.920. The van der Waals surface area contributed by atoms with Crippen molar-refractivity contribution in [2.24, 2.45) is 0 Å². The second-order valence-electron chi connectivity index (χ2n) is 9.74. The molecule has 0 unspecified atom stereocenters. The molecule has 0 aromatic rings. The van der Waals surface area contributed by atoms with Crippen LogP contribution in [0.25, 0.3) is 0 Å². The van der Waals surface area contributed by atoms with Gasteiger partial charge < -0.3 is 4.48 Å². The van der Waals surface area contributed by atoms with Gasteiger partial charge in [0, 0.05) is 12.8 Å². The second kappa shape index (κ2) is 23.7. The van der Waals surface area contributed by atoms with Crippen LogP contribution < -0.4 is 0 Å². The topological polar surface area (TPSA) is 0 Å². The van der Waals surface area contributed by atoms with Crippen molar-refractivity contribution in [3.63, 3.8) is 0 Å². The predicted octanol–water partition coefficient (Wildman–Crippen LogP) is 8.91. The molecule has 0 saturated heterocycles. The van der Waals surface area contributed by atoms with E-state index in [4.69, 9.17) is 0 Å². The molecule has 0 aliphatic heterocycles. The van der Waals surface area contributed by atoms with Crippen molar-refractivity contribution in [1.29, 1.82) is 0 Å². The van der Waals surface area contributed by atoms with Gasteiger partial charge in [-0.05, 0) is 51.4 Å². The summed E-state index contributed by atoms with van der Waals surface area (Å²) >= 11 is 0. The number of nitrogens with zero attached hydrogens (tertiary/aromatic N) is 1. The Morgan fingerprint density at radius 2 is 0.806 bits per heavy atom. The first-order chi connectivity index (χ1) is 15.2. The molecule has 0 radical (unpaired) electrons. The zero-order valence-corrected chi connectivity index (χ0v) is 22.0. The van der Waals surface area contributed by atoms with E-state index in [9.17, 15) is 0 Å². The maximum absolute atomic E-state index is 3.24. The average molecular weight is 431 g/mol. The number of hydrogen-bond acceptors (Lipinski definition) is 0. The van der Waals surface area contributed by atoms with Crippen molar-refractivity contribution < 1.29 is 4.48 Å². The van der Waals surface area contributed by atoms with Gasteiger partial charge in [0.05, 0.1) is 26.7 Å². The molecule has 0 fully saturated rings. The summed E-state index contributed by atoms with van der Waals surface area (Å²) in [6.45, 7) is 10.8. The minimum absolute atomic E-state index is 1.02. The van der Waals surface area contributed by atoms with Crippen molar-refractivity contribution in [2.45, 2.75) is 143 Å². The summed E-state index contributed by atoms with van der Waals surface area (Å²) in [7, 11) is 2.39. The zero-order chi connectivity index (χ0) is 22.9. The van der Waals surface area contributed by atoms with Gasteiger partial charge in [0.25, 0.3) is 0 Å². The van der Waals surface area contributed by atoms with Crippen molar-refractivity contribution in [1.82, 2.24) is 0 Å². The van der Waals surface area contributed by atoms with E-state index >= 15 is 0 Å². The lowest BCUT2D eigenvalue weighted by atomic mass is 10.1. The zero-order valence-electron chi connectivity index (χ0n) is 22.0. The van der Waals surface area contributed by atoms with Crippen LogP contribution in [0.1, 0.15) is 143 Å². The van der Waals surface area contributed by atoms with E-state index in [0.29, 0.717) is 0 Å². The highest BCUT2D eigenvalue weighted by Crippen LogP contribution is 2.12. The summed E-state index contributed by atoms with van der Waals surface area (Å²) in [6.07, 6.45) is 25.5. The monoisotopic (exact) mass is 430 g/mol. The Morgan fingerprint density at radius 3 is 1.19 bits per heavy atom. The molecule has 0 spiro atoms. The van der Waals surface area contributed by atoms with Crippen molar-refractivity contribution in [2.75, 3.05) is 26.7 Å². The van der Waals surface area contributed by atoms with Crippen molar-refractivity contribution in [3.05, 3.63) is 0 Å². The molecule has 0 heterocycles. The minimum Gasteiger partial charge on any atom is -0.327 e. The molecule has 0 bridgehead atoms. The molecule has 0 aromatic heterocycles. The third-order valence-corrected chi connectivity index (χ3v) is 6.92. The van der Waals surface area contributed by atoms with E-state index < -0.39 is 0 Å². The molecule has 0 aromatic carbocycles. The van der Waals surface area contributed by atoms with Gasteiger partial charge in [-0.1, -0.05) is 102 Å². The van der Waals surface area contributed by atoms with Gasteiger partial charge in [-0.25, -0.2) is 0 Å². The summed E-state index contributed by atoms with van der Waals surface area (Å²) in [5.74, 6) is 12.6. The van der Waals surface area contributed by atoms with E-state index in [-0.39, 0.29) is 0 Å². The van der Waals surface area contributed by atoms with Crippen molar-refractivity contribution >= 4 is 0 Å². The molecule has 0 aliphatic carbocycles. The van der Waals surface area contributed by atoms with Crippen LogP contribution in [-0.4, -0.2) is 31.2 Å². The maximum atomic E-state index is 3.24. The van der Waals surface area contributed by atoms with Gasteiger partial charge in [-0.3, -0.25) is 0 Å². The highest BCUT2D eigenvalue weighted by Gasteiger charge is 2.14. The SMILES string of the molecule is CCCCCCCCCCCCC#CC#CCCCCCCCCC[N+](C)(CC)CC. The number of rotatable bonds is 21. The standard InChI is InChI=1S/C30H56N/c1-5-8-9-10-11-12-13-14-15-16-17-18-19-20-21-22-23-24-25-26-27-28-29-30-31(4,6-2)7-3/h5-17,22-30H2,1-4H3/q+1. The summed E-state index contributed by atoms with van der Waals surface area (Å²) in [6, 6.07) is 0. The second-order valence-corrected chi connectivity index (χ2v) is 9.74. The molecule has 31 heavy (non-hydrogen) atoms. The van der Waals surface area contributed by atoms with Gasteiger partial charge in [0.1, 0.15) is 0 Å². The first-order valence-electron chi connectivity index (χ1n) is 14.0. The predicted molar refractivity (Wildman–Crippen MR) is 141 cm³/mol.